The van der Waals surface area contributed by atoms with Gasteiger partial charge in [-0.15, -0.1) is 11.3 Å². The van der Waals surface area contributed by atoms with E-state index in [0.717, 1.165) is 20.0 Å². The Morgan fingerprint density at radius 2 is 2.29 bits per heavy atom. The molecule has 3 heteroatoms. The standard InChI is InChI=1S/C11H9ClOS/c1-7(13)5-8-6-9-10(12)3-2-4-11(9)14-8/h2-4,6H,5H2,1H3. The molecule has 0 fully saturated rings. The van der Waals surface area contributed by atoms with Gasteiger partial charge in [-0.2, -0.15) is 0 Å². The molecule has 0 saturated carbocycles. The first-order chi connectivity index (χ1) is 6.66. The molecular weight excluding hydrogens is 216 g/mol. The van der Waals surface area contributed by atoms with Crippen molar-refractivity contribution < 1.29 is 4.79 Å². The molecule has 1 aromatic carbocycles. The molecule has 0 amide bonds. The minimum Gasteiger partial charge on any atom is -0.300 e. The lowest BCUT2D eigenvalue weighted by Crippen LogP contribution is -1.92. The number of Topliss-reactive ketones (excluding diaryl/α,β-unsaturated/α-hetero) is 1. The van der Waals surface area contributed by atoms with Crippen molar-refractivity contribution in [2.45, 2.75) is 13.3 Å². The van der Waals surface area contributed by atoms with Gasteiger partial charge in [0.05, 0.1) is 0 Å². The summed E-state index contributed by atoms with van der Waals surface area (Å²) in [4.78, 5) is 12.0. The van der Waals surface area contributed by atoms with E-state index in [1.807, 2.05) is 24.3 Å². The Bertz CT molecular complexity index is 487. The third kappa shape index (κ3) is 1.81. The zero-order valence-electron chi connectivity index (χ0n) is 7.71. The lowest BCUT2D eigenvalue weighted by atomic mass is 10.2. The largest absolute Gasteiger partial charge is 0.300 e. The summed E-state index contributed by atoms with van der Waals surface area (Å²) in [7, 11) is 0. The number of rotatable bonds is 2. The van der Waals surface area contributed by atoms with Crippen LogP contribution < -0.4 is 0 Å². The van der Waals surface area contributed by atoms with Crippen molar-refractivity contribution >= 4 is 38.8 Å². The summed E-state index contributed by atoms with van der Waals surface area (Å²) < 4.78 is 1.15. The maximum atomic E-state index is 10.9. The van der Waals surface area contributed by atoms with Crippen molar-refractivity contribution in [3.63, 3.8) is 0 Å². The van der Waals surface area contributed by atoms with Gasteiger partial charge in [0.1, 0.15) is 5.78 Å². The zero-order chi connectivity index (χ0) is 10.1. The molecule has 0 unspecified atom stereocenters. The highest BCUT2D eigenvalue weighted by atomic mass is 35.5. The topological polar surface area (TPSA) is 17.1 Å². The van der Waals surface area contributed by atoms with E-state index in [2.05, 4.69) is 0 Å². The van der Waals surface area contributed by atoms with Gasteiger partial charge in [0.25, 0.3) is 0 Å². The van der Waals surface area contributed by atoms with Crippen LogP contribution in [0.1, 0.15) is 11.8 Å². The van der Waals surface area contributed by atoms with E-state index in [1.165, 1.54) is 0 Å². The molecule has 0 bridgehead atoms. The predicted octanol–water partition coefficient (Wildman–Crippen LogP) is 3.69. The van der Waals surface area contributed by atoms with Crippen LogP contribution in [0.3, 0.4) is 0 Å². The summed E-state index contributed by atoms with van der Waals surface area (Å²) in [6, 6.07) is 7.83. The van der Waals surface area contributed by atoms with Gasteiger partial charge in [-0.3, -0.25) is 4.79 Å². The van der Waals surface area contributed by atoms with E-state index >= 15 is 0 Å². The third-order valence-electron chi connectivity index (χ3n) is 1.98. The minimum atomic E-state index is 0.188. The summed E-state index contributed by atoms with van der Waals surface area (Å²) in [6.07, 6.45) is 0.510. The molecule has 0 radical (unpaired) electrons. The number of hydrogen-bond donors (Lipinski definition) is 0. The van der Waals surface area contributed by atoms with E-state index in [9.17, 15) is 4.79 Å². The maximum Gasteiger partial charge on any atom is 0.135 e. The molecule has 1 nitrogen and oxygen atoms in total. The second-order valence-electron chi connectivity index (χ2n) is 3.24. The number of halogens is 1. The van der Waals surface area contributed by atoms with Gasteiger partial charge in [-0.1, -0.05) is 17.7 Å². The van der Waals surface area contributed by atoms with Crippen molar-refractivity contribution in [2.75, 3.05) is 0 Å². The fourth-order valence-corrected chi connectivity index (χ4v) is 2.86. The highest BCUT2D eigenvalue weighted by Gasteiger charge is 2.05. The quantitative estimate of drug-likeness (QED) is 0.761. The number of hydrogen-bond acceptors (Lipinski definition) is 2. The van der Waals surface area contributed by atoms with Gasteiger partial charge in [0.2, 0.25) is 0 Å². The van der Waals surface area contributed by atoms with E-state index in [0.29, 0.717) is 6.42 Å². The molecule has 0 aliphatic carbocycles. The van der Waals surface area contributed by atoms with Gasteiger partial charge in [0, 0.05) is 26.4 Å². The Labute approximate surface area is 91.3 Å². The van der Waals surface area contributed by atoms with Crippen LogP contribution in [-0.2, 0) is 11.2 Å². The van der Waals surface area contributed by atoms with E-state index in [-0.39, 0.29) is 5.78 Å². The van der Waals surface area contributed by atoms with Gasteiger partial charge < -0.3 is 0 Å². The van der Waals surface area contributed by atoms with Crippen LogP contribution in [0.2, 0.25) is 5.02 Å². The SMILES string of the molecule is CC(=O)Cc1cc2c(Cl)cccc2s1. The Kier molecular flexibility index (Phi) is 2.57. The van der Waals surface area contributed by atoms with E-state index in [1.54, 1.807) is 18.3 Å². The van der Waals surface area contributed by atoms with Crippen LogP contribution in [0.25, 0.3) is 10.1 Å². The monoisotopic (exact) mass is 224 g/mol. The highest BCUT2D eigenvalue weighted by Crippen LogP contribution is 2.31. The molecule has 0 atom stereocenters. The molecule has 2 aromatic rings. The highest BCUT2D eigenvalue weighted by molar-refractivity contribution is 7.19. The second kappa shape index (κ2) is 3.71. The summed E-state index contributed by atoms with van der Waals surface area (Å²) in [5.41, 5.74) is 0. The Hall–Kier alpha value is -0.860. The number of carbonyl (C=O) groups is 1. The normalized spacial score (nSPS) is 10.7. The number of fused-ring (bicyclic) bond motifs is 1. The molecule has 1 aromatic heterocycles. The van der Waals surface area contributed by atoms with Crippen molar-refractivity contribution in [1.82, 2.24) is 0 Å². The molecule has 2 rings (SSSR count). The van der Waals surface area contributed by atoms with Crippen LogP contribution in [0.15, 0.2) is 24.3 Å². The molecule has 14 heavy (non-hydrogen) atoms. The number of thiophene rings is 1. The Balaban J connectivity index is 2.51. The summed E-state index contributed by atoms with van der Waals surface area (Å²) in [5, 5.41) is 1.81. The molecule has 0 aliphatic rings. The molecule has 0 N–H and O–H groups in total. The first kappa shape index (κ1) is 9.69. The van der Waals surface area contributed by atoms with Crippen LogP contribution in [-0.4, -0.2) is 5.78 Å². The van der Waals surface area contributed by atoms with E-state index < -0.39 is 0 Å². The lowest BCUT2D eigenvalue weighted by molar-refractivity contribution is -0.116. The number of carbonyl (C=O) groups excluding carboxylic acids is 1. The van der Waals surface area contributed by atoms with Crippen LogP contribution in [0.4, 0.5) is 0 Å². The Morgan fingerprint density at radius 1 is 1.50 bits per heavy atom. The average molecular weight is 225 g/mol. The van der Waals surface area contributed by atoms with Crippen LogP contribution in [0.5, 0.6) is 0 Å². The molecule has 0 saturated heterocycles. The van der Waals surface area contributed by atoms with Crippen molar-refractivity contribution in [1.29, 1.82) is 0 Å². The summed E-state index contributed by atoms with van der Waals surface area (Å²) >= 11 is 7.66. The molecular formula is C11H9ClOS. The number of benzene rings is 1. The fraction of sp³-hybridized carbons (Fsp3) is 0.182. The van der Waals surface area contributed by atoms with Crippen molar-refractivity contribution in [2.24, 2.45) is 0 Å². The van der Waals surface area contributed by atoms with Crippen LogP contribution in [0, 0.1) is 0 Å². The molecule has 72 valence electrons. The molecule has 0 spiro atoms. The third-order valence-corrected chi connectivity index (χ3v) is 3.41. The van der Waals surface area contributed by atoms with Gasteiger partial charge in [-0.25, -0.2) is 0 Å². The maximum absolute atomic E-state index is 10.9. The van der Waals surface area contributed by atoms with Crippen molar-refractivity contribution in [3.8, 4) is 0 Å². The smallest absolute Gasteiger partial charge is 0.135 e. The van der Waals surface area contributed by atoms with Gasteiger partial charge in [0.15, 0.2) is 0 Å². The Morgan fingerprint density at radius 3 is 2.93 bits per heavy atom. The second-order valence-corrected chi connectivity index (χ2v) is 4.82. The predicted molar refractivity (Wildman–Crippen MR) is 61.2 cm³/mol. The fourth-order valence-electron chi connectivity index (χ4n) is 1.41. The zero-order valence-corrected chi connectivity index (χ0v) is 9.28. The summed E-state index contributed by atoms with van der Waals surface area (Å²) in [5.74, 6) is 0.188. The molecule has 1 heterocycles. The van der Waals surface area contributed by atoms with Gasteiger partial charge in [-0.05, 0) is 25.1 Å². The molecule has 0 aliphatic heterocycles. The lowest BCUT2D eigenvalue weighted by Gasteiger charge is -1.89. The first-order valence-electron chi connectivity index (χ1n) is 4.33. The summed E-state index contributed by atoms with van der Waals surface area (Å²) in [6.45, 7) is 1.60. The van der Waals surface area contributed by atoms with Gasteiger partial charge >= 0.3 is 0 Å². The van der Waals surface area contributed by atoms with Crippen molar-refractivity contribution in [3.05, 3.63) is 34.2 Å². The average Bonchev–Trinajstić information content (AvgIpc) is 2.47. The van der Waals surface area contributed by atoms with E-state index in [4.69, 9.17) is 11.6 Å². The first-order valence-corrected chi connectivity index (χ1v) is 5.52. The minimum absolute atomic E-state index is 0.188. The van der Waals surface area contributed by atoms with Crippen LogP contribution >= 0.6 is 22.9 Å². The number of ketones is 1.